The van der Waals surface area contributed by atoms with Crippen LogP contribution in [0.5, 0.6) is 0 Å². The van der Waals surface area contributed by atoms with Crippen LogP contribution < -0.4 is 10.6 Å². The monoisotopic (exact) mass is 288 g/mol. The maximum atomic E-state index is 13.6. The van der Waals surface area contributed by atoms with Gasteiger partial charge >= 0.3 is 0 Å². The summed E-state index contributed by atoms with van der Waals surface area (Å²) in [5.74, 6) is -0.0545. The highest BCUT2D eigenvalue weighted by atomic mass is 79.9. The highest BCUT2D eigenvalue weighted by molar-refractivity contribution is 9.10. The average molecular weight is 289 g/mol. The second-order valence-electron chi connectivity index (χ2n) is 3.65. The minimum Gasteiger partial charge on any atom is -0.388 e. The van der Waals surface area contributed by atoms with Crippen molar-refractivity contribution in [2.75, 3.05) is 11.9 Å². The fourth-order valence-electron chi connectivity index (χ4n) is 1.33. The summed E-state index contributed by atoms with van der Waals surface area (Å²) in [6.07, 6.45) is 1.92. The van der Waals surface area contributed by atoms with Gasteiger partial charge < -0.3 is 10.6 Å². The summed E-state index contributed by atoms with van der Waals surface area (Å²) < 4.78 is 14.2. The van der Waals surface area contributed by atoms with Crippen LogP contribution in [-0.2, 0) is 0 Å². The van der Waals surface area contributed by atoms with E-state index in [0.29, 0.717) is 10.9 Å². The van der Waals surface area contributed by atoms with Gasteiger partial charge in [0.15, 0.2) is 11.6 Å². The van der Waals surface area contributed by atoms with Crippen molar-refractivity contribution in [2.24, 2.45) is 5.73 Å². The van der Waals surface area contributed by atoms with Crippen LogP contribution in [-0.4, -0.2) is 23.9 Å². The number of nitrogens with zero attached hydrogens (tertiary/aromatic N) is 2. The zero-order chi connectivity index (χ0) is 12.3. The van der Waals surface area contributed by atoms with E-state index in [1.165, 1.54) is 12.3 Å². The Kier molecular flexibility index (Phi) is 4.23. The van der Waals surface area contributed by atoms with Crippen molar-refractivity contribution in [3.63, 3.8) is 0 Å². The number of nitrogens with two attached hydrogens (primary N) is 1. The number of nitrogens with one attached hydrogen (secondary N) is 1. The predicted molar refractivity (Wildman–Crippen MR) is 66.3 cm³/mol. The Morgan fingerprint density at radius 1 is 1.75 bits per heavy atom. The molecule has 1 heterocycles. The second kappa shape index (κ2) is 5.25. The molecule has 4 nitrogen and oxygen atoms in total. The van der Waals surface area contributed by atoms with E-state index in [1.807, 2.05) is 6.92 Å². The minimum atomic E-state index is -0.396. The van der Waals surface area contributed by atoms with Crippen LogP contribution in [0.15, 0.2) is 16.7 Å². The molecule has 1 atom stereocenters. The number of anilines is 1. The summed E-state index contributed by atoms with van der Waals surface area (Å²) >= 11 is 3.15. The van der Waals surface area contributed by atoms with Gasteiger partial charge in [-0.3, -0.25) is 5.41 Å². The Bertz CT molecular complexity index is 396. The van der Waals surface area contributed by atoms with E-state index in [2.05, 4.69) is 20.9 Å². The van der Waals surface area contributed by atoms with Crippen LogP contribution in [0.1, 0.15) is 13.3 Å². The summed E-state index contributed by atoms with van der Waals surface area (Å²) in [5, 5.41) is 7.20. The first-order valence-electron chi connectivity index (χ1n) is 4.78. The topological polar surface area (TPSA) is 66.0 Å². The molecule has 0 amide bonds. The molecular formula is C10H14BrFN4. The zero-order valence-corrected chi connectivity index (χ0v) is 10.8. The highest BCUT2D eigenvalue weighted by Gasteiger charge is 2.16. The number of amidine groups is 1. The molecule has 0 aliphatic rings. The van der Waals surface area contributed by atoms with Gasteiger partial charge in [0.25, 0.3) is 0 Å². The van der Waals surface area contributed by atoms with Gasteiger partial charge in [-0.05, 0) is 28.9 Å². The molecule has 0 aliphatic carbocycles. The molecule has 0 aromatic carbocycles. The quantitative estimate of drug-likeness (QED) is 0.659. The summed E-state index contributed by atoms with van der Waals surface area (Å²) in [4.78, 5) is 5.67. The van der Waals surface area contributed by atoms with Crippen molar-refractivity contribution < 1.29 is 4.39 Å². The van der Waals surface area contributed by atoms with Crippen molar-refractivity contribution in [1.82, 2.24) is 4.98 Å². The second-order valence-corrected chi connectivity index (χ2v) is 4.56. The standard InChI is InChI=1S/C10H14BrFN4/c1-6(3-9(13)14)16(2)10-8(12)4-7(11)5-15-10/h4-6H,3H2,1-2H3,(H3,13,14). The van der Waals surface area contributed by atoms with Crippen molar-refractivity contribution in [3.8, 4) is 0 Å². The van der Waals surface area contributed by atoms with Crippen molar-refractivity contribution >= 4 is 27.6 Å². The molecule has 1 rings (SSSR count). The number of halogens is 2. The molecule has 0 aliphatic heterocycles. The summed E-state index contributed by atoms with van der Waals surface area (Å²) in [6.45, 7) is 1.87. The lowest BCUT2D eigenvalue weighted by Gasteiger charge is -2.25. The summed E-state index contributed by atoms with van der Waals surface area (Å²) in [7, 11) is 1.73. The van der Waals surface area contributed by atoms with Crippen LogP contribution in [0.25, 0.3) is 0 Å². The molecule has 16 heavy (non-hydrogen) atoms. The maximum Gasteiger partial charge on any atom is 0.166 e. The molecule has 0 spiro atoms. The third kappa shape index (κ3) is 3.16. The lowest BCUT2D eigenvalue weighted by atomic mass is 10.2. The van der Waals surface area contributed by atoms with Gasteiger partial charge in [0.05, 0.1) is 5.84 Å². The Hall–Kier alpha value is -1.17. The van der Waals surface area contributed by atoms with Gasteiger partial charge in [0, 0.05) is 30.2 Å². The van der Waals surface area contributed by atoms with E-state index in [-0.39, 0.29) is 17.7 Å². The zero-order valence-electron chi connectivity index (χ0n) is 9.17. The van der Waals surface area contributed by atoms with Crippen LogP contribution in [0.4, 0.5) is 10.2 Å². The van der Waals surface area contributed by atoms with Crippen molar-refractivity contribution in [1.29, 1.82) is 5.41 Å². The Morgan fingerprint density at radius 2 is 2.38 bits per heavy atom. The molecule has 0 radical (unpaired) electrons. The minimum absolute atomic E-state index is 0.0688. The third-order valence-corrected chi connectivity index (χ3v) is 2.73. The molecule has 1 aromatic rings. The highest BCUT2D eigenvalue weighted by Crippen LogP contribution is 2.21. The molecule has 0 saturated heterocycles. The molecule has 1 unspecified atom stereocenters. The van der Waals surface area contributed by atoms with Gasteiger partial charge in [-0.1, -0.05) is 0 Å². The largest absolute Gasteiger partial charge is 0.388 e. The van der Waals surface area contributed by atoms with E-state index in [1.54, 1.807) is 11.9 Å². The molecule has 1 aromatic heterocycles. The van der Waals surface area contributed by atoms with Crippen LogP contribution in [0, 0.1) is 11.2 Å². The lowest BCUT2D eigenvalue weighted by Crippen LogP contribution is -2.34. The van der Waals surface area contributed by atoms with Crippen molar-refractivity contribution in [2.45, 2.75) is 19.4 Å². The smallest absolute Gasteiger partial charge is 0.166 e. The summed E-state index contributed by atoms with van der Waals surface area (Å²) in [6, 6.07) is 1.29. The Balaban J connectivity index is 2.87. The normalized spacial score (nSPS) is 12.2. The number of hydrogen-bond donors (Lipinski definition) is 2. The average Bonchev–Trinajstić information content (AvgIpc) is 2.15. The van der Waals surface area contributed by atoms with Gasteiger partial charge in [-0.25, -0.2) is 9.37 Å². The maximum absolute atomic E-state index is 13.6. The van der Waals surface area contributed by atoms with Gasteiger partial charge in [-0.2, -0.15) is 0 Å². The summed E-state index contributed by atoms with van der Waals surface area (Å²) in [5.41, 5.74) is 5.31. The molecule has 3 N–H and O–H groups in total. The number of rotatable bonds is 4. The molecule has 6 heteroatoms. The third-order valence-electron chi connectivity index (χ3n) is 2.30. The van der Waals surface area contributed by atoms with E-state index in [0.717, 1.165) is 0 Å². The predicted octanol–water partition coefficient (Wildman–Crippen LogP) is 2.13. The Labute approximate surface area is 102 Å². The molecule has 88 valence electrons. The van der Waals surface area contributed by atoms with E-state index < -0.39 is 5.82 Å². The fraction of sp³-hybridized carbons (Fsp3) is 0.400. The first-order chi connectivity index (χ1) is 7.41. The number of aromatic nitrogens is 1. The molecular weight excluding hydrogens is 275 g/mol. The number of hydrogen-bond acceptors (Lipinski definition) is 3. The lowest BCUT2D eigenvalue weighted by molar-refractivity contribution is 0.598. The van der Waals surface area contributed by atoms with Crippen LogP contribution in [0.2, 0.25) is 0 Å². The van der Waals surface area contributed by atoms with E-state index >= 15 is 0 Å². The van der Waals surface area contributed by atoms with Crippen molar-refractivity contribution in [3.05, 3.63) is 22.6 Å². The van der Waals surface area contributed by atoms with Gasteiger partial charge in [-0.15, -0.1) is 0 Å². The van der Waals surface area contributed by atoms with Gasteiger partial charge in [0.1, 0.15) is 0 Å². The first kappa shape index (κ1) is 12.9. The van der Waals surface area contributed by atoms with Gasteiger partial charge in [0.2, 0.25) is 0 Å². The Morgan fingerprint density at radius 3 is 2.88 bits per heavy atom. The molecule has 0 fully saturated rings. The van der Waals surface area contributed by atoms with E-state index in [9.17, 15) is 4.39 Å². The molecule has 0 bridgehead atoms. The first-order valence-corrected chi connectivity index (χ1v) is 5.58. The van der Waals surface area contributed by atoms with Crippen LogP contribution >= 0.6 is 15.9 Å². The van der Waals surface area contributed by atoms with E-state index in [4.69, 9.17) is 11.1 Å². The fourth-order valence-corrected chi connectivity index (χ4v) is 1.63. The number of pyridine rings is 1. The van der Waals surface area contributed by atoms with Crippen LogP contribution in [0.3, 0.4) is 0 Å². The molecule has 0 saturated carbocycles. The SMILES string of the molecule is CC(CC(=N)N)N(C)c1ncc(Br)cc1F.